The van der Waals surface area contributed by atoms with Gasteiger partial charge in [-0.05, 0) is 114 Å². The Morgan fingerprint density at radius 3 is 2.05 bits per heavy atom. The summed E-state index contributed by atoms with van der Waals surface area (Å²) in [5.74, 6) is 0.384. The predicted molar refractivity (Wildman–Crippen MR) is 181 cm³/mol. The number of nitrogens with zero attached hydrogens (tertiary/aromatic N) is 2. The third-order valence-corrected chi connectivity index (χ3v) is 9.80. The Hall–Kier alpha value is -4.82. The van der Waals surface area contributed by atoms with Gasteiger partial charge in [-0.1, -0.05) is 86.7 Å². The van der Waals surface area contributed by atoms with Gasteiger partial charge in [0, 0.05) is 39.8 Å². The molecule has 0 spiro atoms. The Bertz CT molecular complexity index is 1910. The molecule has 1 aliphatic heterocycles. The SMILES string of the molecule is Cc1ccccc1N(c1ccc2c(c1)C(C)(C)c1cc3c(cc1-2)C1CC=CC=C1N3c1ccccc1)c1ccccc1C. The summed E-state index contributed by atoms with van der Waals surface area (Å²) in [5.41, 5.74) is 16.9. The van der Waals surface area contributed by atoms with Crippen molar-refractivity contribution in [2.45, 2.75) is 45.4 Å². The Balaban J connectivity index is 1.30. The average molecular weight is 557 g/mol. The number of hydrogen-bond acceptors (Lipinski definition) is 2. The monoisotopic (exact) mass is 556 g/mol. The highest BCUT2D eigenvalue weighted by Crippen LogP contribution is 2.57. The molecule has 2 nitrogen and oxygen atoms in total. The van der Waals surface area contributed by atoms with E-state index in [2.05, 4.69) is 165 Å². The molecule has 0 bridgehead atoms. The van der Waals surface area contributed by atoms with Crippen LogP contribution in [-0.2, 0) is 5.41 Å². The first-order chi connectivity index (χ1) is 20.9. The molecule has 0 fully saturated rings. The molecule has 0 N–H and O–H groups in total. The zero-order valence-electron chi connectivity index (χ0n) is 25.3. The van der Waals surface area contributed by atoms with Crippen LogP contribution in [0.25, 0.3) is 11.1 Å². The van der Waals surface area contributed by atoms with Gasteiger partial charge in [0.1, 0.15) is 0 Å². The maximum absolute atomic E-state index is 2.51. The minimum atomic E-state index is -0.137. The van der Waals surface area contributed by atoms with Crippen molar-refractivity contribution in [2.24, 2.45) is 0 Å². The molecule has 0 radical (unpaired) electrons. The zero-order chi connectivity index (χ0) is 29.3. The van der Waals surface area contributed by atoms with E-state index < -0.39 is 0 Å². The smallest absolute Gasteiger partial charge is 0.0501 e. The first-order valence-electron chi connectivity index (χ1n) is 15.4. The van der Waals surface area contributed by atoms with E-state index in [-0.39, 0.29) is 5.41 Å². The van der Waals surface area contributed by atoms with Gasteiger partial charge in [-0.15, -0.1) is 0 Å². The van der Waals surface area contributed by atoms with Crippen LogP contribution < -0.4 is 9.80 Å². The molecule has 43 heavy (non-hydrogen) atoms. The van der Waals surface area contributed by atoms with E-state index in [0.29, 0.717) is 5.92 Å². The van der Waals surface area contributed by atoms with Crippen molar-refractivity contribution >= 4 is 28.4 Å². The Labute approximate surface area is 255 Å². The summed E-state index contributed by atoms with van der Waals surface area (Å²) in [7, 11) is 0. The predicted octanol–water partition coefficient (Wildman–Crippen LogP) is 11.2. The lowest BCUT2D eigenvalue weighted by Crippen LogP contribution is -2.18. The fraction of sp³-hybridized carbons (Fsp3) is 0.171. The van der Waals surface area contributed by atoms with Gasteiger partial charge in [-0.25, -0.2) is 0 Å². The van der Waals surface area contributed by atoms with E-state index in [4.69, 9.17) is 0 Å². The molecule has 8 rings (SSSR count). The molecule has 0 amide bonds. The number of hydrogen-bond donors (Lipinski definition) is 0. The molecule has 0 aromatic heterocycles. The summed E-state index contributed by atoms with van der Waals surface area (Å²) in [4.78, 5) is 4.93. The third kappa shape index (κ3) is 3.86. The van der Waals surface area contributed by atoms with Crippen LogP contribution in [0.15, 0.2) is 133 Å². The maximum atomic E-state index is 2.51. The van der Waals surface area contributed by atoms with Gasteiger partial charge in [0.2, 0.25) is 0 Å². The second kappa shape index (κ2) is 9.61. The second-order valence-corrected chi connectivity index (χ2v) is 12.7. The molecule has 0 saturated carbocycles. The molecular weight excluding hydrogens is 520 g/mol. The summed E-state index contributed by atoms with van der Waals surface area (Å²) < 4.78 is 0. The fourth-order valence-corrected chi connectivity index (χ4v) is 7.56. The molecule has 1 unspecified atom stereocenters. The average Bonchev–Trinajstić information content (AvgIpc) is 3.47. The number of benzene rings is 5. The van der Waals surface area contributed by atoms with E-state index in [0.717, 1.165) is 6.42 Å². The quantitative estimate of drug-likeness (QED) is 0.217. The number of aryl methyl sites for hydroxylation is 2. The molecule has 3 aliphatic rings. The Morgan fingerprint density at radius 2 is 1.35 bits per heavy atom. The van der Waals surface area contributed by atoms with Gasteiger partial charge < -0.3 is 9.80 Å². The van der Waals surface area contributed by atoms with Crippen molar-refractivity contribution in [3.05, 3.63) is 161 Å². The molecule has 2 heteroatoms. The second-order valence-electron chi connectivity index (χ2n) is 12.7. The molecule has 5 aromatic rings. The lowest BCUT2D eigenvalue weighted by molar-refractivity contribution is 0.660. The van der Waals surface area contributed by atoms with Crippen LogP contribution in [0.5, 0.6) is 0 Å². The molecule has 210 valence electrons. The lowest BCUT2D eigenvalue weighted by atomic mass is 9.81. The van der Waals surface area contributed by atoms with Gasteiger partial charge in [-0.2, -0.15) is 0 Å². The lowest BCUT2D eigenvalue weighted by Gasteiger charge is -2.30. The summed E-state index contributed by atoms with van der Waals surface area (Å²) in [6.45, 7) is 9.21. The minimum absolute atomic E-state index is 0.137. The Morgan fingerprint density at radius 1 is 0.698 bits per heavy atom. The molecule has 2 aliphatic carbocycles. The van der Waals surface area contributed by atoms with E-state index in [9.17, 15) is 0 Å². The number of allylic oxidation sites excluding steroid dienone is 4. The van der Waals surface area contributed by atoms with Gasteiger partial charge in [0.15, 0.2) is 0 Å². The topological polar surface area (TPSA) is 6.48 Å². The van der Waals surface area contributed by atoms with Crippen molar-refractivity contribution in [3.63, 3.8) is 0 Å². The third-order valence-electron chi connectivity index (χ3n) is 9.80. The molecule has 5 aromatic carbocycles. The first-order valence-corrected chi connectivity index (χ1v) is 15.4. The van der Waals surface area contributed by atoms with E-state index in [1.165, 1.54) is 73.1 Å². The normalized spacial score (nSPS) is 17.2. The van der Waals surface area contributed by atoms with Crippen LogP contribution in [0, 0.1) is 13.8 Å². The van der Waals surface area contributed by atoms with Crippen LogP contribution in [0.2, 0.25) is 0 Å². The van der Waals surface area contributed by atoms with Crippen molar-refractivity contribution in [3.8, 4) is 11.1 Å². The zero-order valence-corrected chi connectivity index (χ0v) is 25.3. The van der Waals surface area contributed by atoms with Gasteiger partial charge >= 0.3 is 0 Å². The number of rotatable bonds is 4. The van der Waals surface area contributed by atoms with Gasteiger partial charge in [0.05, 0.1) is 5.69 Å². The Kier molecular flexibility index (Phi) is 5.78. The summed E-state index contributed by atoms with van der Waals surface area (Å²) in [6, 6.07) is 40.4. The first kappa shape index (κ1) is 25.9. The number of fused-ring (bicyclic) bond motifs is 6. The van der Waals surface area contributed by atoms with E-state index >= 15 is 0 Å². The highest BCUT2D eigenvalue weighted by Gasteiger charge is 2.41. The van der Waals surface area contributed by atoms with E-state index in [1.54, 1.807) is 0 Å². The van der Waals surface area contributed by atoms with Crippen LogP contribution in [0.1, 0.15) is 54.0 Å². The summed E-state index contributed by atoms with van der Waals surface area (Å²) in [6.07, 6.45) is 7.88. The largest absolute Gasteiger partial charge is 0.313 e. The summed E-state index contributed by atoms with van der Waals surface area (Å²) >= 11 is 0. The van der Waals surface area contributed by atoms with Crippen molar-refractivity contribution in [2.75, 3.05) is 9.80 Å². The maximum Gasteiger partial charge on any atom is 0.0501 e. The standard InChI is InChI=1S/C41H36N2/c1-27-14-8-11-19-37(27)43(38-20-12-9-15-28(38)2)30-22-23-31-33-25-34-32-18-10-13-21-39(32)42(29-16-6-5-7-17-29)40(34)26-36(33)41(3,4)35(31)24-30/h5-17,19-26,32H,18H2,1-4H3. The highest BCUT2D eigenvalue weighted by atomic mass is 15.2. The van der Waals surface area contributed by atoms with Crippen LogP contribution >= 0.6 is 0 Å². The van der Waals surface area contributed by atoms with Crippen molar-refractivity contribution in [1.82, 2.24) is 0 Å². The summed E-state index contributed by atoms with van der Waals surface area (Å²) in [5, 5.41) is 0. The molecule has 1 heterocycles. The number of para-hydroxylation sites is 3. The van der Waals surface area contributed by atoms with E-state index in [1.807, 2.05) is 0 Å². The van der Waals surface area contributed by atoms with Crippen molar-refractivity contribution in [1.29, 1.82) is 0 Å². The van der Waals surface area contributed by atoms with Crippen LogP contribution in [0.4, 0.5) is 28.4 Å². The minimum Gasteiger partial charge on any atom is -0.313 e. The highest BCUT2D eigenvalue weighted by molar-refractivity contribution is 5.90. The van der Waals surface area contributed by atoms with Crippen LogP contribution in [0.3, 0.4) is 0 Å². The molecular formula is C41H36N2. The number of anilines is 5. The van der Waals surface area contributed by atoms with Crippen LogP contribution in [-0.4, -0.2) is 0 Å². The van der Waals surface area contributed by atoms with Crippen molar-refractivity contribution < 1.29 is 0 Å². The molecule has 1 atom stereocenters. The molecule has 0 saturated heterocycles. The fourth-order valence-electron chi connectivity index (χ4n) is 7.56. The van der Waals surface area contributed by atoms with Gasteiger partial charge in [-0.3, -0.25) is 0 Å². The van der Waals surface area contributed by atoms with Gasteiger partial charge in [0.25, 0.3) is 0 Å².